The van der Waals surface area contributed by atoms with Crippen LogP contribution >= 0.6 is 0 Å². The van der Waals surface area contributed by atoms with E-state index in [1.807, 2.05) is 0 Å². The van der Waals surface area contributed by atoms with Gasteiger partial charge in [0.25, 0.3) is 0 Å². The van der Waals surface area contributed by atoms with Gasteiger partial charge in [0.15, 0.2) is 4.98 Å². The third-order valence-corrected chi connectivity index (χ3v) is 5.27. The molecule has 2 N–H and O–H groups in total. The van der Waals surface area contributed by atoms with Gasteiger partial charge in [-0.1, -0.05) is 31.2 Å². The van der Waals surface area contributed by atoms with Gasteiger partial charge in [-0.05, 0) is 11.1 Å². The predicted molar refractivity (Wildman–Crippen MR) is 70.3 cm³/mol. The lowest BCUT2D eigenvalue weighted by atomic mass is 10.1. The molecule has 0 fully saturated rings. The number of hydrogen-bond donors (Lipinski definition) is 2. The van der Waals surface area contributed by atoms with Crippen LogP contribution in [0.1, 0.15) is 6.92 Å². The quantitative estimate of drug-likeness (QED) is 0.821. The van der Waals surface area contributed by atoms with Crippen LogP contribution in [-0.2, 0) is 9.63 Å². The lowest BCUT2D eigenvalue weighted by Crippen LogP contribution is -2.34. The molecule has 7 heteroatoms. The van der Waals surface area contributed by atoms with Crippen LogP contribution in [0.4, 0.5) is 5.69 Å². The van der Waals surface area contributed by atoms with Crippen molar-refractivity contribution in [3.8, 4) is 5.75 Å². The Kier molecular flexibility index (Phi) is 2.82. The Labute approximate surface area is 109 Å². The van der Waals surface area contributed by atoms with Gasteiger partial charge in [-0.3, -0.25) is 0 Å². The molecule has 6 nitrogen and oxygen atoms in total. The average Bonchev–Trinajstić information content (AvgIpc) is 2.39. The zero-order chi connectivity index (χ0) is 14.3. The maximum absolute atomic E-state index is 12.2. The molecule has 0 aliphatic heterocycles. The normalized spacial score (nSPS) is 13.7. The van der Waals surface area contributed by atoms with Gasteiger partial charge in [-0.25, -0.2) is 4.21 Å². The summed E-state index contributed by atoms with van der Waals surface area (Å²) in [5.74, 6) is -0.995. The Morgan fingerprint density at radius 3 is 2.42 bits per heavy atom. The minimum atomic E-state index is -5.06. The summed E-state index contributed by atoms with van der Waals surface area (Å²) in [5.41, 5.74) is -0.385. The molecule has 2 aromatic rings. The van der Waals surface area contributed by atoms with Crippen LogP contribution in [0, 0.1) is 5.39 Å². The van der Waals surface area contributed by atoms with Crippen LogP contribution in [0.25, 0.3) is 15.7 Å². The molecule has 0 unspecified atom stereocenters. The van der Waals surface area contributed by atoms with Gasteiger partial charge in [0, 0.05) is 11.1 Å². The molecule has 0 saturated carbocycles. The number of diazo groups is 1. The fourth-order valence-electron chi connectivity index (χ4n) is 1.87. The van der Waals surface area contributed by atoms with E-state index in [0.29, 0.717) is 0 Å². The molecule has 0 saturated heterocycles. The molecule has 0 spiro atoms. The first-order valence-corrected chi connectivity index (χ1v) is 7.56. The monoisotopic (exact) mass is 280 g/mol. The van der Waals surface area contributed by atoms with E-state index in [0.717, 1.165) is 6.07 Å². The molecule has 0 radical (unpaired) electrons. The van der Waals surface area contributed by atoms with E-state index >= 15 is 0 Å². The van der Waals surface area contributed by atoms with Crippen LogP contribution in [0.3, 0.4) is 0 Å². The maximum atomic E-state index is 12.2. The van der Waals surface area contributed by atoms with Crippen LogP contribution in [0.2, 0.25) is 0 Å². The van der Waals surface area contributed by atoms with Crippen molar-refractivity contribution in [2.45, 2.75) is 11.8 Å². The lowest BCUT2D eigenvalue weighted by molar-refractivity contribution is -0.264. The third-order valence-electron chi connectivity index (χ3n) is 3.01. The van der Waals surface area contributed by atoms with Crippen molar-refractivity contribution >= 4 is 26.1 Å². The van der Waals surface area contributed by atoms with Crippen LogP contribution in [0.5, 0.6) is 5.75 Å². The molecule has 0 aromatic heterocycles. The lowest BCUT2D eigenvalue weighted by Gasteiger charge is -2.30. The first kappa shape index (κ1) is 13.4. The molecule has 0 atom stereocenters. The van der Waals surface area contributed by atoms with Gasteiger partial charge in [0.05, 0.1) is 11.0 Å². The van der Waals surface area contributed by atoms with Crippen LogP contribution < -0.4 is 5.11 Å². The van der Waals surface area contributed by atoms with Gasteiger partial charge in [0.1, 0.15) is 9.63 Å². The van der Waals surface area contributed by atoms with Crippen molar-refractivity contribution in [3.05, 3.63) is 35.3 Å². The number of rotatable bonds is 2. The molecule has 2 rings (SSSR count). The molecule has 19 heavy (non-hydrogen) atoms. The Morgan fingerprint density at radius 1 is 1.32 bits per heavy atom. The summed E-state index contributed by atoms with van der Waals surface area (Å²) in [5, 5.41) is 21.0. The van der Waals surface area contributed by atoms with Crippen molar-refractivity contribution in [1.82, 2.24) is 0 Å². The van der Waals surface area contributed by atoms with E-state index in [1.54, 1.807) is 12.1 Å². The molecule has 100 valence electrons. The highest BCUT2D eigenvalue weighted by Gasteiger charge is 2.34. The molecular formula is C12H12N2O4S. The van der Waals surface area contributed by atoms with Crippen LogP contribution in [-0.4, -0.2) is 19.1 Å². The van der Waals surface area contributed by atoms with E-state index in [9.17, 15) is 18.4 Å². The number of benzene rings is 2. The van der Waals surface area contributed by atoms with Gasteiger partial charge < -0.3 is 14.2 Å². The van der Waals surface area contributed by atoms with Crippen molar-refractivity contribution < 1.29 is 18.4 Å². The molecule has 0 aliphatic rings. The number of hydrogen-bond acceptors (Lipinski definition) is 3. The summed E-state index contributed by atoms with van der Waals surface area (Å²) in [7, 11) is -5.06. The van der Waals surface area contributed by atoms with Crippen molar-refractivity contribution in [3.63, 3.8) is 0 Å². The summed E-state index contributed by atoms with van der Waals surface area (Å²) >= 11 is 0. The first-order valence-electron chi connectivity index (χ1n) is 5.51. The summed E-state index contributed by atoms with van der Waals surface area (Å²) in [4.78, 5) is 2.50. The van der Waals surface area contributed by atoms with E-state index in [-0.39, 0.29) is 21.4 Å². The molecule has 0 amide bonds. The zero-order valence-corrected chi connectivity index (χ0v) is 10.9. The molecule has 0 aliphatic carbocycles. The molecule has 0 bridgehead atoms. The molecular weight excluding hydrogens is 268 g/mol. The van der Waals surface area contributed by atoms with Gasteiger partial charge in [-0.15, -0.1) is 0 Å². The smallest absolute Gasteiger partial charge is 0.379 e. The van der Waals surface area contributed by atoms with E-state index in [4.69, 9.17) is 5.39 Å². The minimum Gasteiger partial charge on any atom is -0.867 e. The van der Waals surface area contributed by atoms with Crippen LogP contribution in [0.15, 0.2) is 35.2 Å². The minimum absolute atomic E-state index is 0.114. The topological polar surface area (TPSA) is 109 Å². The zero-order valence-electron chi connectivity index (χ0n) is 10.1. The van der Waals surface area contributed by atoms with Crippen molar-refractivity contribution in [2.24, 2.45) is 0 Å². The number of fused-ring (bicyclic) bond motifs is 1. The van der Waals surface area contributed by atoms with E-state index in [2.05, 4.69) is 4.98 Å². The maximum Gasteiger partial charge on any atom is 0.379 e. The van der Waals surface area contributed by atoms with Gasteiger partial charge in [0.2, 0.25) is 5.39 Å². The Bertz CT molecular complexity index is 773. The standard InChI is InChI=1S/C12H12N2O4S/c1-2-19(16,17,18)11-7-10(14-13)12(15)9-6-4-3-5-8(9)11/h3-7H,2H2,1H3,(H2-,15,16,17,18). The Balaban J connectivity index is 3.03. The highest BCUT2D eigenvalue weighted by molar-refractivity contribution is 8.10. The number of nitrogens with zero attached hydrogens (tertiary/aromatic N) is 2. The largest absolute Gasteiger partial charge is 0.867 e. The second-order valence-electron chi connectivity index (χ2n) is 4.17. The highest BCUT2D eigenvalue weighted by atomic mass is 32.3. The third kappa shape index (κ3) is 2.06. The fourth-order valence-corrected chi connectivity index (χ4v) is 3.15. The predicted octanol–water partition coefficient (Wildman–Crippen LogP) is 2.54. The SMILES string of the molecule is CCS(=O)(O)(O)c1cc([N+]#N)c([O-])c2ccccc12. The van der Waals surface area contributed by atoms with E-state index < -0.39 is 21.1 Å². The first-order chi connectivity index (χ1) is 8.78. The second kappa shape index (κ2) is 3.99. The summed E-state index contributed by atoms with van der Waals surface area (Å²) < 4.78 is 32.1. The Morgan fingerprint density at radius 2 is 1.89 bits per heavy atom. The second-order valence-corrected chi connectivity index (χ2v) is 7.23. The van der Waals surface area contributed by atoms with Crippen molar-refractivity contribution in [2.75, 3.05) is 5.75 Å². The average molecular weight is 280 g/mol. The fraction of sp³-hybridized carbons (Fsp3) is 0.167. The summed E-state index contributed by atoms with van der Waals surface area (Å²) in [6, 6.07) is 7.01. The molecule has 2 aromatic carbocycles. The van der Waals surface area contributed by atoms with Gasteiger partial charge in [-0.2, -0.15) is 0 Å². The highest BCUT2D eigenvalue weighted by Crippen LogP contribution is 2.42. The summed E-state index contributed by atoms with van der Waals surface area (Å²) in [6.07, 6.45) is 0. The molecule has 0 heterocycles. The van der Waals surface area contributed by atoms with E-state index in [1.165, 1.54) is 19.1 Å². The van der Waals surface area contributed by atoms with Crippen molar-refractivity contribution in [1.29, 1.82) is 5.39 Å². The summed E-state index contributed by atoms with van der Waals surface area (Å²) in [6.45, 7) is 1.35. The Hall–Kier alpha value is -2.01. The van der Waals surface area contributed by atoms with Gasteiger partial charge >= 0.3 is 5.69 Å².